The second-order valence-electron chi connectivity index (χ2n) is 5.91. The van der Waals surface area contributed by atoms with E-state index in [0.29, 0.717) is 13.0 Å². The highest BCUT2D eigenvalue weighted by atomic mass is 16.4. The maximum Gasteiger partial charge on any atom is 0.326 e. The Morgan fingerprint density at radius 1 is 1.42 bits per heavy atom. The molecule has 5 nitrogen and oxygen atoms in total. The van der Waals surface area contributed by atoms with E-state index < -0.39 is 17.4 Å². The predicted octanol–water partition coefficient (Wildman–Crippen LogP) is 1.38. The Morgan fingerprint density at radius 2 is 2.11 bits per heavy atom. The molecule has 1 amide bonds. The van der Waals surface area contributed by atoms with Gasteiger partial charge in [0.15, 0.2) is 0 Å². The second-order valence-corrected chi connectivity index (χ2v) is 5.91. The van der Waals surface area contributed by atoms with Gasteiger partial charge in [0.1, 0.15) is 6.04 Å². The number of carbonyl (C=O) groups is 2. The Kier molecular flexibility index (Phi) is 5.79. The van der Waals surface area contributed by atoms with Crippen LogP contribution in [0.1, 0.15) is 46.5 Å². The summed E-state index contributed by atoms with van der Waals surface area (Å²) < 4.78 is 0. The molecule has 1 saturated heterocycles. The number of carboxylic acids is 1. The van der Waals surface area contributed by atoms with E-state index in [4.69, 9.17) is 0 Å². The number of piperidine rings is 1. The largest absolute Gasteiger partial charge is 0.480 e. The minimum atomic E-state index is -0.947. The van der Waals surface area contributed by atoms with Gasteiger partial charge in [0.05, 0.1) is 5.41 Å². The fourth-order valence-electron chi connectivity index (χ4n) is 2.63. The molecule has 110 valence electrons. The summed E-state index contributed by atoms with van der Waals surface area (Å²) in [5.74, 6) is -0.823. The van der Waals surface area contributed by atoms with Crippen LogP contribution in [-0.2, 0) is 9.59 Å². The third-order valence-electron chi connectivity index (χ3n) is 3.94. The van der Waals surface area contributed by atoms with Gasteiger partial charge in [0.25, 0.3) is 0 Å². The lowest BCUT2D eigenvalue weighted by molar-refractivity contribution is -0.144. The molecule has 0 aromatic heterocycles. The van der Waals surface area contributed by atoms with Gasteiger partial charge in [0.2, 0.25) is 5.91 Å². The zero-order chi connectivity index (χ0) is 14.5. The molecule has 0 aromatic rings. The Morgan fingerprint density at radius 3 is 2.53 bits per heavy atom. The first-order valence-corrected chi connectivity index (χ1v) is 7.16. The average Bonchev–Trinajstić information content (AvgIpc) is 2.38. The Labute approximate surface area is 115 Å². The van der Waals surface area contributed by atoms with E-state index in [2.05, 4.69) is 10.6 Å². The molecule has 1 aliphatic heterocycles. The van der Waals surface area contributed by atoms with Crippen molar-refractivity contribution in [2.45, 2.75) is 52.5 Å². The minimum absolute atomic E-state index is 0.116. The fourth-order valence-corrected chi connectivity index (χ4v) is 2.63. The van der Waals surface area contributed by atoms with Gasteiger partial charge in [0, 0.05) is 6.54 Å². The van der Waals surface area contributed by atoms with Crippen LogP contribution in [0.25, 0.3) is 0 Å². The molecular weight excluding hydrogens is 244 g/mol. The predicted molar refractivity (Wildman–Crippen MR) is 73.8 cm³/mol. The SMILES string of the molecule is CCC1(C(=O)NC(CC(C)C)C(=O)O)CCCNC1. The van der Waals surface area contributed by atoms with E-state index in [-0.39, 0.29) is 11.8 Å². The lowest BCUT2D eigenvalue weighted by Gasteiger charge is -2.36. The van der Waals surface area contributed by atoms with Gasteiger partial charge in [-0.2, -0.15) is 0 Å². The first-order chi connectivity index (χ1) is 8.91. The van der Waals surface area contributed by atoms with Crippen molar-refractivity contribution in [2.24, 2.45) is 11.3 Å². The Balaban J connectivity index is 2.71. The van der Waals surface area contributed by atoms with E-state index in [1.54, 1.807) is 0 Å². The summed E-state index contributed by atoms with van der Waals surface area (Å²) in [6.45, 7) is 7.48. The molecule has 0 spiro atoms. The fraction of sp³-hybridized carbons (Fsp3) is 0.857. The van der Waals surface area contributed by atoms with Gasteiger partial charge < -0.3 is 15.7 Å². The highest BCUT2D eigenvalue weighted by molar-refractivity contribution is 5.87. The number of aliphatic carboxylic acids is 1. The van der Waals surface area contributed by atoms with Crippen LogP contribution in [0.2, 0.25) is 0 Å². The smallest absolute Gasteiger partial charge is 0.326 e. The maximum atomic E-state index is 12.4. The molecule has 0 bridgehead atoms. The number of rotatable bonds is 6. The van der Waals surface area contributed by atoms with Crippen molar-refractivity contribution in [3.05, 3.63) is 0 Å². The quantitative estimate of drug-likeness (QED) is 0.681. The van der Waals surface area contributed by atoms with Gasteiger partial charge in [-0.1, -0.05) is 20.8 Å². The van der Waals surface area contributed by atoms with E-state index in [9.17, 15) is 14.7 Å². The van der Waals surface area contributed by atoms with Crippen LogP contribution in [0.5, 0.6) is 0 Å². The van der Waals surface area contributed by atoms with Gasteiger partial charge in [-0.3, -0.25) is 4.79 Å². The second kappa shape index (κ2) is 6.89. The van der Waals surface area contributed by atoms with Crippen LogP contribution >= 0.6 is 0 Å². The van der Waals surface area contributed by atoms with Crippen LogP contribution in [0, 0.1) is 11.3 Å². The Hall–Kier alpha value is -1.10. The third kappa shape index (κ3) is 4.20. The highest BCUT2D eigenvalue weighted by Gasteiger charge is 2.39. The van der Waals surface area contributed by atoms with E-state index in [1.807, 2.05) is 20.8 Å². The molecule has 0 radical (unpaired) electrons. The van der Waals surface area contributed by atoms with Crippen molar-refractivity contribution in [1.29, 1.82) is 0 Å². The van der Waals surface area contributed by atoms with Crippen molar-refractivity contribution in [2.75, 3.05) is 13.1 Å². The normalized spacial score (nSPS) is 25.1. The molecular formula is C14H26N2O3. The molecule has 0 saturated carbocycles. The molecule has 2 atom stereocenters. The maximum absolute atomic E-state index is 12.4. The number of carboxylic acid groups (broad SMARTS) is 1. The van der Waals surface area contributed by atoms with Crippen LogP contribution in [0.3, 0.4) is 0 Å². The first-order valence-electron chi connectivity index (χ1n) is 7.16. The van der Waals surface area contributed by atoms with Crippen LogP contribution in [0.4, 0.5) is 0 Å². The van der Waals surface area contributed by atoms with E-state index in [0.717, 1.165) is 25.8 Å². The zero-order valence-corrected chi connectivity index (χ0v) is 12.2. The molecule has 5 heteroatoms. The topological polar surface area (TPSA) is 78.4 Å². The van der Waals surface area contributed by atoms with Gasteiger partial charge in [-0.05, 0) is 38.1 Å². The van der Waals surface area contributed by atoms with Crippen molar-refractivity contribution in [1.82, 2.24) is 10.6 Å². The van der Waals surface area contributed by atoms with Crippen molar-refractivity contribution in [3.63, 3.8) is 0 Å². The molecule has 1 heterocycles. The lowest BCUT2D eigenvalue weighted by Crippen LogP contribution is -2.54. The number of amides is 1. The summed E-state index contributed by atoms with van der Waals surface area (Å²) in [6, 6.07) is -0.780. The summed E-state index contributed by atoms with van der Waals surface area (Å²) >= 11 is 0. The summed E-state index contributed by atoms with van der Waals surface area (Å²) in [6.07, 6.45) is 2.99. The number of nitrogens with one attached hydrogen (secondary N) is 2. The third-order valence-corrected chi connectivity index (χ3v) is 3.94. The van der Waals surface area contributed by atoms with Crippen LogP contribution in [0.15, 0.2) is 0 Å². The average molecular weight is 270 g/mol. The molecule has 0 aliphatic carbocycles. The number of hydrogen-bond acceptors (Lipinski definition) is 3. The summed E-state index contributed by atoms with van der Waals surface area (Å²) in [5.41, 5.74) is -0.442. The Bertz CT molecular complexity index is 323. The lowest BCUT2D eigenvalue weighted by atomic mass is 9.77. The monoisotopic (exact) mass is 270 g/mol. The summed E-state index contributed by atoms with van der Waals surface area (Å²) in [7, 11) is 0. The van der Waals surface area contributed by atoms with Gasteiger partial charge in [-0.25, -0.2) is 4.79 Å². The van der Waals surface area contributed by atoms with E-state index in [1.165, 1.54) is 0 Å². The molecule has 3 N–H and O–H groups in total. The van der Waals surface area contributed by atoms with Crippen LogP contribution < -0.4 is 10.6 Å². The molecule has 2 unspecified atom stereocenters. The van der Waals surface area contributed by atoms with E-state index >= 15 is 0 Å². The van der Waals surface area contributed by atoms with Gasteiger partial charge in [-0.15, -0.1) is 0 Å². The molecule has 1 aliphatic rings. The van der Waals surface area contributed by atoms with Crippen LogP contribution in [-0.4, -0.2) is 36.1 Å². The summed E-state index contributed by atoms with van der Waals surface area (Å²) in [4.78, 5) is 23.6. The summed E-state index contributed by atoms with van der Waals surface area (Å²) in [5, 5.41) is 15.2. The first kappa shape index (κ1) is 16.0. The minimum Gasteiger partial charge on any atom is -0.480 e. The van der Waals surface area contributed by atoms with Crippen molar-refractivity contribution < 1.29 is 14.7 Å². The number of hydrogen-bond donors (Lipinski definition) is 3. The molecule has 0 aromatic carbocycles. The van der Waals surface area contributed by atoms with Gasteiger partial charge >= 0.3 is 5.97 Å². The highest BCUT2D eigenvalue weighted by Crippen LogP contribution is 2.30. The zero-order valence-electron chi connectivity index (χ0n) is 12.2. The molecule has 19 heavy (non-hydrogen) atoms. The standard InChI is InChI=1S/C14H26N2O3/c1-4-14(6-5-7-15-9-14)13(19)16-11(12(17)18)8-10(2)3/h10-11,15H,4-9H2,1-3H3,(H,16,19)(H,17,18). The molecule has 1 fully saturated rings. The number of carbonyl (C=O) groups excluding carboxylic acids is 1. The molecule has 1 rings (SSSR count). The van der Waals surface area contributed by atoms with Crippen molar-refractivity contribution in [3.8, 4) is 0 Å². The van der Waals surface area contributed by atoms with Crippen molar-refractivity contribution >= 4 is 11.9 Å².